The van der Waals surface area contributed by atoms with Gasteiger partial charge < -0.3 is 5.32 Å². The van der Waals surface area contributed by atoms with E-state index in [1.54, 1.807) is 0 Å². The second kappa shape index (κ2) is 5.81. The van der Waals surface area contributed by atoms with Crippen molar-refractivity contribution in [1.82, 2.24) is 0 Å². The first-order chi connectivity index (χ1) is 8.81. The lowest BCUT2D eigenvalue weighted by molar-refractivity contribution is 0.162. The van der Waals surface area contributed by atoms with Crippen LogP contribution in [-0.2, 0) is 0 Å². The van der Waals surface area contributed by atoms with Gasteiger partial charge in [0.2, 0.25) is 0 Å². The molecule has 0 aliphatic heterocycles. The van der Waals surface area contributed by atoms with Gasteiger partial charge in [-0.15, -0.1) is 0 Å². The molecule has 0 radical (unpaired) electrons. The van der Waals surface area contributed by atoms with Crippen LogP contribution in [0.2, 0.25) is 0 Å². The van der Waals surface area contributed by atoms with Crippen molar-refractivity contribution >= 4 is 28.3 Å². The van der Waals surface area contributed by atoms with Gasteiger partial charge >= 0.3 is 0 Å². The Morgan fingerprint density at radius 1 is 0.889 bits per heavy atom. The molecule has 2 heteroatoms. The standard InChI is InChI=1S/C16H22IN/c17-14-6-9-15(10-7-14)18-16-8-5-12-3-1-2-4-13(12)11-16/h6-7,9-10,12-13,16,18H,1-5,8,11H2. The van der Waals surface area contributed by atoms with Gasteiger partial charge in [-0.05, 0) is 78.0 Å². The molecule has 3 unspecified atom stereocenters. The van der Waals surface area contributed by atoms with Gasteiger partial charge in [0.1, 0.15) is 0 Å². The maximum atomic E-state index is 3.74. The predicted octanol–water partition coefficient (Wildman–Crippen LogP) is 5.06. The van der Waals surface area contributed by atoms with Crippen LogP contribution >= 0.6 is 22.6 Å². The molecule has 0 spiro atoms. The Hall–Kier alpha value is -0.250. The Bertz CT molecular complexity index is 387. The van der Waals surface area contributed by atoms with Gasteiger partial charge in [-0.1, -0.05) is 25.7 Å². The molecule has 2 saturated carbocycles. The van der Waals surface area contributed by atoms with Crippen LogP contribution in [0, 0.1) is 15.4 Å². The first-order valence-electron chi connectivity index (χ1n) is 7.33. The minimum absolute atomic E-state index is 0.712. The summed E-state index contributed by atoms with van der Waals surface area (Å²) in [5.41, 5.74) is 1.30. The zero-order valence-electron chi connectivity index (χ0n) is 10.9. The molecule has 0 amide bonds. The molecule has 0 heterocycles. The van der Waals surface area contributed by atoms with Crippen molar-refractivity contribution in [2.24, 2.45) is 11.8 Å². The van der Waals surface area contributed by atoms with Gasteiger partial charge in [0.05, 0.1) is 0 Å². The monoisotopic (exact) mass is 355 g/mol. The van der Waals surface area contributed by atoms with E-state index in [9.17, 15) is 0 Å². The lowest BCUT2D eigenvalue weighted by Gasteiger charge is -2.39. The Kier molecular flexibility index (Phi) is 4.12. The normalized spacial score (nSPS) is 31.7. The number of benzene rings is 1. The van der Waals surface area contributed by atoms with Crippen molar-refractivity contribution in [2.75, 3.05) is 5.32 Å². The Balaban J connectivity index is 1.59. The molecule has 3 atom stereocenters. The predicted molar refractivity (Wildman–Crippen MR) is 85.9 cm³/mol. The molecule has 1 nitrogen and oxygen atoms in total. The highest BCUT2D eigenvalue weighted by molar-refractivity contribution is 14.1. The minimum atomic E-state index is 0.712. The summed E-state index contributed by atoms with van der Waals surface area (Å²) >= 11 is 2.36. The molecule has 0 bridgehead atoms. The molecule has 18 heavy (non-hydrogen) atoms. The van der Waals surface area contributed by atoms with Gasteiger partial charge in [0.25, 0.3) is 0 Å². The summed E-state index contributed by atoms with van der Waals surface area (Å²) in [6, 6.07) is 9.53. The largest absolute Gasteiger partial charge is 0.382 e. The number of hydrogen-bond acceptors (Lipinski definition) is 1. The van der Waals surface area contributed by atoms with E-state index in [-0.39, 0.29) is 0 Å². The summed E-state index contributed by atoms with van der Waals surface area (Å²) in [6.07, 6.45) is 10.2. The topological polar surface area (TPSA) is 12.0 Å². The molecule has 2 fully saturated rings. The maximum Gasteiger partial charge on any atom is 0.0343 e. The molecule has 3 rings (SSSR count). The third kappa shape index (κ3) is 3.01. The van der Waals surface area contributed by atoms with Crippen molar-refractivity contribution in [3.63, 3.8) is 0 Å². The summed E-state index contributed by atoms with van der Waals surface area (Å²) in [6.45, 7) is 0. The average molecular weight is 355 g/mol. The van der Waals surface area contributed by atoms with Crippen molar-refractivity contribution in [1.29, 1.82) is 0 Å². The molecular formula is C16H22IN. The number of halogens is 1. The quantitative estimate of drug-likeness (QED) is 0.731. The number of rotatable bonds is 2. The summed E-state index contributed by atoms with van der Waals surface area (Å²) < 4.78 is 1.31. The first kappa shape index (κ1) is 12.8. The van der Waals surface area contributed by atoms with E-state index in [0.29, 0.717) is 6.04 Å². The summed E-state index contributed by atoms with van der Waals surface area (Å²) in [4.78, 5) is 0. The van der Waals surface area contributed by atoms with Crippen LogP contribution < -0.4 is 5.32 Å². The van der Waals surface area contributed by atoms with E-state index in [2.05, 4.69) is 52.2 Å². The smallest absolute Gasteiger partial charge is 0.0343 e. The second-order valence-corrected chi connectivity index (χ2v) is 7.21. The fourth-order valence-corrected chi connectivity index (χ4v) is 4.15. The third-order valence-electron chi connectivity index (χ3n) is 4.75. The van der Waals surface area contributed by atoms with Crippen LogP contribution in [0.4, 0.5) is 5.69 Å². The van der Waals surface area contributed by atoms with Gasteiger partial charge in [0.15, 0.2) is 0 Å². The zero-order chi connectivity index (χ0) is 12.4. The molecular weight excluding hydrogens is 333 g/mol. The number of nitrogens with one attached hydrogen (secondary N) is 1. The third-order valence-corrected chi connectivity index (χ3v) is 5.47. The minimum Gasteiger partial charge on any atom is -0.382 e. The maximum absolute atomic E-state index is 3.74. The van der Waals surface area contributed by atoms with Crippen LogP contribution in [0.1, 0.15) is 44.9 Å². The molecule has 1 N–H and O–H groups in total. The van der Waals surface area contributed by atoms with Crippen LogP contribution in [0.5, 0.6) is 0 Å². The van der Waals surface area contributed by atoms with Gasteiger partial charge in [-0.2, -0.15) is 0 Å². The summed E-state index contributed by atoms with van der Waals surface area (Å²) in [5.74, 6) is 2.06. The van der Waals surface area contributed by atoms with Crippen LogP contribution in [0.15, 0.2) is 24.3 Å². The van der Waals surface area contributed by atoms with E-state index in [0.717, 1.165) is 11.8 Å². The van der Waals surface area contributed by atoms with E-state index in [4.69, 9.17) is 0 Å². The lowest BCUT2D eigenvalue weighted by Crippen LogP contribution is -2.34. The highest BCUT2D eigenvalue weighted by Gasteiger charge is 2.31. The number of fused-ring (bicyclic) bond motifs is 1. The average Bonchev–Trinajstić information content (AvgIpc) is 2.41. The molecule has 1 aromatic rings. The zero-order valence-corrected chi connectivity index (χ0v) is 13.0. The summed E-state index contributed by atoms with van der Waals surface area (Å²) in [5, 5.41) is 3.74. The van der Waals surface area contributed by atoms with Crippen molar-refractivity contribution in [3.8, 4) is 0 Å². The molecule has 0 saturated heterocycles. The highest BCUT2D eigenvalue weighted by Crippen LogP contribution is 2.41. The Labute approximate surface area is 124 Å². The van der Waals surface area contributed by atoms with Gasteiger partial charge in [-0.25, -0.2) is 0 Å². The van der Waals surface area contributed by atoms with E-state index in [1.165, 1.54) is 54.2 Å². The van der Waals surface area contributed by atoms with Crippen molar-refractivity contribution < 1.29 is 0 Å². The van der Waals surface area contributed by atoms with Gasteiger partial charge in [-0.3, -0.25) is 0 Å². The fraction of sp³-hybridized carbons (Fsp3) is 0.625. The number of hydrogen-bond donors (Lipinski definition) is 1. The Morgan fingerprint density at radius 2 is 1.61 bits per heavy atom. The number of anilines is 1. The van der Waals surface area contributed by atoms with Crippen molar-refractivity contribution in [2.45, 2.75) is 51.0 Å². The van der Waals surface area contributed by atoms with Crippen molar-refractivity contribution in [3.05, 3.63) is 27.8 Å². The fourth-order valence-electron chi connectivity index (χ4n) is 3.79. The molecule has 2 aliphatic rings. The SMILES string of the molecule is Ic1ccc(NC2CCC3CCCCC3C2)cc1. The molecule has 98 valence electrons. The lowest BCUT2D eigenvalue weighted by atomic mass is 9.69. The molecule has 1 aromatic carbocycles. The van der Waals surface area contributed by atoms with Crippen LogP contribution in [-0.4, -0.2) is 6.04 Å². The molecule has 0 aromatic heterocycles. The summed E-state index contributed by atoms with van der Waals surface area (Å²) in [7, 11) is 0. The van der Waals surface area contributed by atoms with Gasteiger partial charge in [0, 0.05) is 15.3 Å². The van der Waals surface area contributed by atoms with Crippen LogP contribution in [0.3, 0.4) is 0 Å². The highest BCUT2D eigenvalue weighted by atomic mass is 127. The Morgan fingerprint density at radius 3 is 2.39 bits per heavy atom. The van der Waals surface area contributed by atoms with E-state index >= 15 is 0 Å². The van der Waals surface area contributed by atoms with E-state index < -0.39 is 0 Å². The first-order valence-corrected chi connectivity index (χ1v) is 8.41. The van der Waals surface area contributed by atoms with Crippen LogP contribution in [0.25, 0.3) is 0 Å². The molecule has 2 aliphatic carbocycles. The second-order valence-electron chi connectivity index (χ2n) is 5.97. The van der Waals surface area contributed by atoms with E-state index in [1.807, 2.05) is 0 Å².